The first-order chi connectivity index (χ1) is 8.18. The third-order valence-corrected chi connectivity index (χ3v) is 2.65. The fourth-order valence-corrected chi connectivity index (χ4v) is 1.68. The van der Waals surface area contributed by atoms with Crippen molar-refractivity contribution < 1.29 is 4.79 Å². The Kier molecular flexibility index (Phi) is 3.23. The lowest BCUT2D eigenvalue weighted by molar-refractivity contribution is 0.0778. The van der Waals surface area contributed by atoms with Gasteiger partial charge in [0.25, 0.3) is 5.91 Å². The van der Waals surface area contributed by atoms with E-state index in [1.807, 2.05) is 37.3 Å². The van der Waals surface area contributed by atoms with E-state index in [1.54, 1.807) is 18.1 Å². The van der Waals surface area contributed by atoms with Crippen LogP contribution in [0.4, 0.5) is 0 Å². The molecular formula is C13H15N3O. The van der Waals surface area contributed by atoms with Crippen LogP contribution in [-0.4, -0.2) is 28.1 Å². The van der Waals surface area contributed by atoms with E-state index in [2.05, 4.69) is 10.2 Å². The molecule has 17 heavy (non-hydrogen) atoms. The lowest BCUT2D eigenvalue weighted by Gasteiger charge is -2.16. The van der Waals surface area contributed by atoms with Gasteiger partial charge < -0.3 is 4.90 Å². The van der Waals surface area contributed by atoms with Crippen molar-refractivity contribution in [2.75, 3.05) is 7.05 Å². The third-order valence-electron chi connectivity index (χ3n) is 2.65. The number of aromatic nitrogens is 2. The number of amides is 1. The molecule has 88 valence electrons. The Hall–Kier alpha value is -2.10. The highest BCUT2D eigenvalue weighted by molar-refractivity contribution is 5.93. The van der Waals surface area contributed by atoms with Gasteiger partial charge in [-0.25, -0.2) is 0 Å². The Morgan fingerprint density at radius 2 is 2.06 bits per heavy atom. The highest BCUT2D eigenvalue weighted by atomic mass is 16.2. The van der Waals surface area contributed by atoms with Crippen molar-refractivity contribution >= 4 is 5.91 Å². The summed E-state index contributed by atoms with van der Waals surface area (Å²) in [6.45, 7) is 2.46. The van der Waals surface area contributed by atoms with Crippen LogP contribution in [0.1, 0.15) is 21.6 Å². The highest BCUT2D eigenvalue weighted by Gasteiger charge is 2.15. The Balaban J connectivity index is 2.09. The topological polar surface area (TPSA) is 49.0 Å². The minimum absolute atomic E-state index is 0.0381. The Bertz CT molecular complexity index is 504. The van der Waals surface area contributed by atoms with E-state index in [0.717, 1.165) is 11.1 Å². The van der Waals surface area contributed by atoms with Gasteiger partial charge in [-0.15, -0.1) is 0 Å². The fourth-order valence-electron chi connectivity index (χ4n) is 1.68. The van der Waals surface area contributed by atoms with Crippen LogP contribution in [0, 0.1) is 6.92 Å². The second kappa shape index (κ2) is 4.82. The maximum atomic E-state index is 12.1. The molecule has 0 spiro atoms. The van der Waals surface area contributed by atoms with Crippen molar-refractivity contribution in [2.24, 2.45) is 0 Å². The van der Waals surface area contributed by atoms with Gasteiger partial charge in [0, 0.05) is 13.6 Å². The number of carbonyl (C=O) groups excluding carboxylic acids is 1. The normalized spacial score (nSPS) is 10.2. The number of aryl methyl sites for hydroxylation is 1. The predicted octanol–water partition coefficient (Wildman–Crippen LogP) is 1.99. The van der Waals surface area contributed by atoms with E-state index in [4.69, 9.17) is 0 Å². The van der Waals surface area contributed by atoms with Crippen LogP contribution in [0.15, 0.2) is 36.5 Å². The lowest BCUT2D eigenvalue weighted by Crippen LogP contribution is -2.27. The molecule has 0 saturated carbocycles. The van der Waals surface area contributed by atoms with Crippen LogP contribution in [0.25, 0.3) is 0 Å². The van der Waals surface area contributed by atoms with Gasteiger partial charge in [0.1, 0.15) is 5.69 Å². The van der Waals surface area contributed by atoms with Gasteiger partial charge in [-0.1, -0.05) is 30.3 Å². The van der Waals surface area contributed by atoms with Crippen LogP contribution < -0.4 is 0 Å². The number of H-pyrrole nitrogens is 1. The van der Waals surface area contributed by atoms with Crippen molar-refractivity contribution in [1.82, 2.24) is 15.1 Å². The average molecular weight is 229 g/mol. The molecular weight excluding hydrogens is 214 g/mol. The summed E-state index contributed by atoms with van der Waals surface area (Å²) in [5, 5.41) is 6.59. The van der Waals surface area contributed by atoms with Gasteiger partial charge in [0.2, 0.25) is 0 Å². The summed E-state index contributed by atoms with van der Waals surface area (Å²) in [5.74, 6) is -0.0381. The lowest BCUT2D eigenvalue weighted by atomic mass is 10.2. The Morgan fingerprint density at radius 1 is 1.35 bits per heavy atom. The Labute approximate surface area is 100 Å². The number of hydrogen-bond acceptors (Lipinski definition) is 2. The smallest absolute Gasteiger partial charge is 0.272 e. The van der Waals surface area contributed by atoms with Crippen LogP contribution in [0.5, 0.6) is 0 Å². The summed E-state index contributed by atoms with van der Waals surface area (Å²) < 4.78 is 0. The molecule has 0 aliphatic heterocycles. The molecule has 0 saturated heterocycles. The zero-order valence-corrected chi connectivity index (χ0v) is 9.97. The molecule has 0 unspecified atom stereocenters. The maximum absolute atomic E-state index is 12.1. The number of aromatic amines is 1. The predicted molar refractivity (Wildman–Crippen MR) is 65.6 cm³/mol. The van der Waals surface area contributed by atoms with Gasteiger partial charge >= 0.3 is 0 Å². The number of carbonyl (C=O) groups is 1. The molecule has 0 radical (unpaired) electrons. The number of nitrogens with one attached hydrogen (secondary N) is 1. The van der Waals surface area contributed by atoms with Gasteiger partial charge in [0.05, 0.1) is 6.20 Å². The van der Waals surface area contributed by atoms with E-state index in [1.165, 1.54) is 0 Å². The second-order valence-electron chi connectivity index (χ2n) is 4.07. The van der Waals surface area contributed by atoms with Crippen LogP contribution in [0.2, 0.25) is 0 Å². The molecule has 0 fully saturated rings. The number of benzene rings is 1. The molecule has 0 atom stereocenters. The first-order valence-electron chi connectivity index (χ1n) is 5.48. The number of hydrogen-bond donors (Lipinski definition) is 1. The number of nitrogens with zero attached hydrogens (tertiary/aromatic N) is 2. The van der Waals surface area contributed by atoms with E-state index in [-0.39, 0.29) is 5.91 Å². The summed E-state index contributed by atoms with van der Waals surface area (Å²) in [7, 11) is 1.79. The van der Waals surface area contributed by atoms with E-state index < -0.39 is 0 Å². The first-order valence-corrected chi connectivity index (χ1v) is 5.48. The standard InChI is InChI=1S/C13H15N3O/c1-10-8-14-15-12(10)13(17)16(2)9-11-6-4-3-5-7-11/h3-8H,9H2,1-2H3,(H,14,15). The monoisotopic (exact) mass is 229 g/mol. The molecule has 0 bridgehead atoms. The van der Waals surface area contributed by atoms with Gasteiger partial charge in [0.15, 0.2) is 0 Å². The third kappa shape index (κ3) is 2.53. The average Bonchev–Trinajstić information content (AvgIpc) is 2.76. The summed E-state index contributed by atoms with van der Waals surface area (Å²) in [5.41, 5.74) is 2.54. The second-order valence-corrected chi connectivity index (χ2v) is 4.07. The number of rotatable bonds is 3. The highest BCUT2D eigenvalue weighted by Crippen LogP contribution is 2.09. The summed E-state index contributed by atoms with van der Waals surface area (Å²) in [6.07, 6.45) is 1.66. The van der Waals surface area contributed by atoms with E-state index >= 15 is 0 Å². The largest absolute Gasteiger partial charge is 0.336 e. The van der Waals surface area contributed by atoms with Crippen LogP contribution >= 0.6 is 0 Å². The zero-order chi connectivity index (χ0) is 12.3. The Morgan fingerprint density at radius 3 is 2.65 bits per heavy atom. The maximum Gasteiger partial charge on any atom is 0.272 e. The van der Waals surface area contributed by atoms with Crippen LogP contribution in [-0.2, 0) is 6.54 Å². The summed E-state index contributed by atoms with van der Waals surface area (Å²) in [6, 6.07) is 9.90. The van der Waals surface area contributed by atoms with E-state index in [0.29, 0.717) is 12.2 Å². The minimum Gasteiger partial charge on any atom is -0.336 e. The van der Waals surface area contributed by atoms with Gasteiger partial charge in [-0.3, -0.25) is 9.89 Å². The SMILES string of the molecule is Cc1cn[nH]c1C(=O)N(C)Cc1ccccc1. The van der Waals surface area contributed by atoms with Gasteiger partial charge in [-0.2, -0.15) is 5.10 Å². The molecule has 0 aliphatic rings. The zero-order valence-electron chi connectivity index (χ0n) is 9.97. The molecule has 1 aromatic carbocycles. The molecule has 2 aromatic rings. The summed E-state index contributed by atoms with van der Waals surface area (Å²) >= 11 is 0. The molecule has 4 nitrogen and oxygen atoms in total. The molecule has 2 rings (SSSR count). The van der Waals surface area contributed by atoms with Crippen molar-refractivity contribution in [3.05, 3.63) is 53.3 Å². The molecule has 1 amide bonds. The molecule has 1 aromatic heterocycles. The van der Waals surface area contributed by atoms with Crippen molar-refractivity contribution in [3.63, 3.8) is 0 Å². The van der Waals surface area contributed by atoms with Crippen molar-refractivity contribution in [1.29, 1.82) is 0 Å². The van der Waals surface area contributed by atoms with E-state index in [9.17, 15) is 4.79 Å². The summed E-state index contributed by atoms with van der Waals surface area (Å²) in [4.78, 5) is 13.8. The first kappa shape index (κ1) is 11.4. The fraction of sp³-hybridized carbons (Fsp3) is 0.231. The van der Waals surface area contributed by atoms with Crippen LogP contribution in [0.3, 0.4) is 0 Å². The molecule has 1 heterocycles. The quantitative estimate of drug-likeness (QED) is 0.875. The van der Waals surface area contributed by atoms with Crippen molar-refractivity contribution in [2.45, 2.75) is 13.5 Å². The minimum atomic E-state index is -0.0381. The molecule has 0 aliphatic carbocycles. The molecule has 4 heteroatoms. The van der Waals surface area contributed by atoms with Gasteiger partial charge in [-0.05, 0) is 18.1 Å². The molecule has 1 N–H and O–H groups in total. The van der Waals surface area contributed by atoms with Crippen molar-refractivity contribution in [3.8, 4) is 0 Å².